The lowest BCUT2D eigenvalue weighted by Gasteiger charge is -2.31. The van der Waals surface area contributed by atoms with Crippen LogP contribution in [0.15, 0.2) is 30.3 Å². The maximum Gasteiger partial charge on any atom is 0.237 e. The number of benzene rings is 1. The Balaban J connectivity index is 1.43. The average Bonchev–Trinajstić information content (AvgIpc) is 3.32. The first-order chi connectivity index (χ1) is 17.4. The summed E-state index contributed by atoms with van der Waals surface area (Å²) in [5.74, 6) is 1.16. The number of carbonyl (C=O) groups is 2. The molecule has 202 valence electrons. The molecule has 0 radical (unpaired) electrons. The fourth-order valence-electron chi connectivity index (χ4n) is 6.00. The minimum atomic E-state index is -0.434. The molecule has 6 nitrogen and oxygen atoms in total. The summed E-state index contributed by atoms with van der Waals surface area (Å²) in [6.45, 7) is 6.71. The third kappa shape index (κ3) is 9.85. The van der Waals surface area contributed by atoms with Crippen LogP contribution in [0.25, 0.3) is 0 Å². The Bertz CT molecular complexity index is 778. The molecule has 4 N–H and O–H groups in total. The van der Waals surface area contributed by atoms with Crippen molar-refractivity contribution in [2.24, 2.45) is 17.6 Å². The summed E-state index contributed by atoms with van der Waals surface area (Å²) in [6, 6.07) is 10.00. The predicted molar refractivity (Wildman–Crippen MR) is 148 cm³/mol. The van der Waals surface area contributed by atoms with Crippen LogP contribution in [0.3, 0.4) is 0 Å². The van der Waals surface area contributed by atoms with Gasteiger partial charge < -0.3 is 16.4 Å². The molecule has 1 unspecified atom stereocenters. The molecule has 2 amide bonds. The van der Waals surface area contributed by atoms with E-state index in [1.807, 2.05) is 6.07 Å². The van der Waals surface area contributed by atoms with Gasteiger partial charge in [0.1, 0.15) is 0 Å². The van der Waals surface area contributed by atoms with Gasteiger partial charge in [-0.2, -0.15) is 0 Å². The van der Waals surface area contributed by atoms with Gasteiger partial charge in [-0.05, 0) is 68.9 Å². The highest BCUT2D eigenvalue weighted by Crippen LogP contribution is 2.27. The zero-order valence-corrected chi connectivity index (χ0v) is 22.7. The van der Waals surface area contributed by atoms with Crippen molar-refractivity contribution in [1.29, 1.82) is 0 Å². The second kappa shape index (κ2) is 15.4. The Morgan fingerprint density at radius 2 is 1.78 bits per heavy atom. The van der Waals surface area contributed by atoms with Crippen LogP contribution < -0.4 is 16.4 Å². The Hall–Kier alpha value is -1.92. The number of nitrogens with zero attached hydrogens (tertiary/aromatic N) is 1. The number of carbonyl (C=O) groups excluding carboxylic acids is 2. The predicted octanol–water partition coefficient (Wildman–Crippen LogP) is 4.42. The van der Waals surface area contributed by atoms with Gasteiger partial charge in [-0.3, -0.25) is 14.5 Å². The van der Waals surface area contributed by atoms with E-state index in [2.05, 4.69) is 53.6 Å². The van der Waals surface area contributed by atoms with Crippen molar-refractivity contribution in [3.63, 3.8) is 0 Å². The van der Waals surface area contributed by atoms with Gasteiger partial charge in [-0.1, -0.05) is 76.3 Å². The monoisotopic (exact) mass is 498 g/mol. The highest BCUT2D eigenvalue weighted by molar-refractivity contribution is 5.82. The third-order valence-corrected chi connectivity index (χ3v) is 7.91. The molecule has 36 heavy (non-hydrogen) atoms. The Kier molecular flexibility index (Phi) is 12.2. The van der Waals surface area contributed by atoms with Gasteiger partial charge >= 0.3 is 0 Å². The van der Waals surface area contributed by atoms with Gasteiger partial charge in [-0.15, -0.1) is 0 Å². The van der Waals surface area contributed by atoms with Crippen LogP contribution in [0.2, 0.25) is 0 Å². The molecule has 1 heterocycles. The van der Waals surface area contributed by atoms with Crippen molar-refractivity contribution < 1.29 is 9.59 Å². The van der Waals surface area contributed by atoms with E-state index >= 15 is 0 Å². The SMILES string of the molecule is CC(C)CC(CN1CCC[C@H]1C(=O)NCCCCc1ccccc1)NC(=O)[C@@H](N)CC1CCCCC1. The van der Waals surface area contributed by atoms with Gasteiger partial charge in [0, 0.05) is 19.1 Å². The van der Waals surface area contributed by atoms with Crippen LogP contribution in [0.1, 0.15) is 90.0 Å². The van der Waals surface area contributed by atoms with Crippen molar-refractivity contribution in [2.75, 3.05) is 19.6 Å². The van der Waals surface area contributed by atoms with E-state index in [0.717, 1.165) is 58.0 Å². The van der Waals surface area contributed by atoms with E-state index in [4.69, 9.17) is 5.73 Å². The summed E-state index contributed by atoms with van der Waals surface area (Å²) in [6.07, 6.45) is 12.9. The minimum absolute atomic E-state index is 0.0224. The normalized spacial score (nSPS) is 20.8. The molecule has 6 heteroatoms. The first kappa shape index (κ1) is 28.6. The molecular weight excluding hydrogens is 448 g/mol. The first-order valence-electron chi connectivity index (χ1n) is 14.5. The maximum absolute atomic E-state index is 13.0. The molecular formula is C30H50N4O2. The van der Waals surface area contributed by atoms with Gasteiger partial charge in [0.15, 0.2) is 0 Å². The molecule has 1 aromatic rings. The summed E-state index contributed by atoms with van der Waals surface area (Å²) in [5.41, 5.74) is 7.69. The van der Waals surface area contributed by atoms with Crippen LogP contribution in [-0.2, 0) is 16.0 Å². The second-order valence-corrected chi connectivity index (χ2v) is 11.6. The number of likely N-dealkylation sites (tertiary alicyclic amines) is 1. The number of nitrogens with two attached hydrogens (primary N) is 1. The van der Waals surface area contributed by atoms with E-state index in [9.17, 15) is 9.59 Å². The molecule has 1 aliphatic carbocycles. The standard InChI is InChI=1S/C30H50N4O2/c1-23(2)20-26(33-29(35)27(31)21-25-15-7-4-8-16-25)22-34-19-11-17-28(34)30(36)32-18-10-9-14-24-12-5-3-6-13-24/h3,5-6,12-13,23,25-28H,4,7-11,14-22,31H2,1-2H3,(H,32,36)(H,33,35)/t26?,27-,28-/m0/s1. The van der Waals surface area contributed by atoms with E-state index in [0.29, 0.717) is 18.4 Å². The van der Waals surface area contributed by atoms with Gasteiger partial charge in [-0.25, -0.2) is 0 Å². The molecule has 0 bridgehead atoms. The summed E-state index contributed by atoms with van der Waals surface area (Å²) in [7, 11) is 0. The number of aryl methyl sites for hydroxylation is 1. The zero-order valence-electron chi connectivity index (χ0n) is 22.7. The number of unbranched alkanes of at least 4 members (excludes halogenated alkanes) is 1. The van der Waals surface area contributed by atoms with E-state index in [1.165, 1.54) is 37.7 Å². The molecule has 2 aliphatic rings. The van der Waals surface area contributed by atoms with Gasteiger partial charge in [0.25, 0.3) is 0 Å². The lowest BCUT2D eigenvalue weighted by atomic mass is 9.85. The van der Waals surface area contributed by atoms with E-state index in [-0.39, 0.29) is 23.9 Å². The van der Waals surface area contributed by atoms with Crippen LogP contribution >= 0.6 is 0 Å². The second-order valence-electron chi connectivity index (χ2n) is 11.6. The zero-order chi connectivity index (χ0) is 25.8. The van der Waals surface area contributed by atoms with Crippen molar-refractivity contribution in [3.8, 4) is 0 Å². The van der Waals surface area contributed by atoms with E-state index < -0.39 is 6.04 Å². The molecule has 0 aromatic heterocycles. The summed E-state index contributed by atoms with van der Waals surface area (Å²) in [5, 5.41) is 6.43. The number of nitrogens with one attached hydrogen (secondary N) is 2. The van der Waals surface area contributed by atoms with Crippen LogP contribution in [0.4, 0.5) is 0 Å². The fourth-order valence-corrected chi connectivity index (χ4v) is 6.00. The van der Waals surface area contributed by atoms with Crippen molar-refractivity contribution in [3.05, 3.63) is 35.9 Å². The van der Waals surface area contributed by atoms with Crippen LogP contribution in [-0.4, -0.2) is 54.5 Å². The topological polar surface area (TPSA) is 87.5 Å². The van der Waals surface area contributed by atoms with Gasteiger partial charge in [0.2, 0.25) is 11.8 Å². The number of hydrogen-bond acceptors (Lipinski definition) is 4. The first-order valence-corrected chi connectivity index (χ1v) is 14.5. The fraction of sp³-hybridized carbons (Fsp3) is 0.733. The number of rotatable bonds is 14. The lowest BCUT2D eigenvalue weighted by molar-refractivity contribution is -0.125. The molecule has 1 saturated heterocycles. The lowest BCUT2D eigenvalue weighted by Crippen LogP contribution is -2.53. The van der Waals surface area contributed by atoms with Gasteiger partial charge in [0.05, 0.1) is 12.1 Å². The molecule has 1 aliphatic heterocycles. The molecule has 0 spiro atoms. The smallest absolute Gasteiger partial charge is 0.237 e. The summed E-state index contributed by atoms with van der Waals surface area (Å²) >= 11 is 0. The Morgan fingerprint density at radius 3 is 2.50 bits per heavy atom. The van der Waals surface area contributed by atoms with Crippen molar-refractivity contribution >= 4 is 11.8 Å². The molecule has 3 atom stereocenters. The molecule has 1 aromatic carbocycles. The maximum atomic E-state index is 13.0. The van der Waals surface area contributed by atoms with Crippen molar-refractivity contribution in [1.82, 2.24) is 15.5 Å². The Labute approximate surface area is 219 Å². The third-order valence-electron chi connectivity index (χ3n) is 7.91. The Morgan fingerprint density at radius 1 is 1.03 bits per heavy atom. The largest absolute Gasteiger partial charge is 0.355 e. The number of hydrogen-bond donors (Lipinski definition) is 3. The summed E-state index contributed by atoms with van der Waals surface area (Å²) in [4.78, 5) is 28.2. The highest BCUT2D eigenvalue weighted by atomic mass is 16.2. The van der Waals surface area contributed by atoms with Crippen LogP contribution in [0, 0.1) is 11.8 Å². The highest BCUT2D eigenvalue weighted by Gasteiger charge is 2.33. The quantitative estimate of drug-likeness (QED) is 0.331. The number of amides is 2. The van der Waals surface area contributed by atoms with Crippen molar-refractivity contribution in [2.45, 2.75) is 109 Å². The molecule has 3 rings (SSSR count). The molecule has 1 saturated carbocycles. The van der Waals surface area contributed by atoms with Crippen LogP contribution in [0.5, 0.6) is 0 Å². The summed E-state index contributed by atoms with van der Waals surface area (Å²) < 4.78 is 0. The minimum Gasteiger partial charge on any atom is -0.355 e. The average molecular weight is 499 g/mol. The molecule has 2 fully saturated rings. The van der Waals surface area contributed by atoms with E-state index in [1.54, 1.807) is 0 Å².